The van der Waals surface area contributed by atoms with Gasteiger partial charge in [-0.25, -0.2) is 12.7 Å². The molecule has 11 heteroatoms. The molecule has 3 atom stereocenters. The van der Waals surface area contributed by atoms with E-state index in [9.17, 15) is 23.4 Å². The van der Waals surface area contributed by atoms with Crippen molar-refractivity contribution in [3.63, 3.8) is 0 Å². The first-order chi connectivity index (χ1) is 14.6. The lowest BCUT2D eigenvalue weighted by Crippen LogP contribution is -2.50. The van der Waals surface area contributed by atoms with Crippen LogP contribution in [0, 0.1) is 12.3 Å². The summed E-state index contributed by atoms with van der Waals surface area (Å²) in [7, 11) is -2.37. The monoisotopic (exact) mass is 450 g/mol. The van der Waals surface area contributed by atoms with Crippen molar-refractivity contribution in [2.45, 2.75) is 43.9 Å². The zero-order valence-corrected chi connectivity index (χ0v) is 18.1. The third kappa shape index (κ3) is 7.06. The predicted molar refractivity (Wildman–Crippen MR) is 114 cm³/mol. The Morgan fingerprint density at radius 3 is 2.65 bits per heavy atom. The maximum absolute atomic E-state index is 12.7. The van der Waals surface area contributed by atoms with Gasteiger partial charge in [-0.2, -0.15) is 4.98 Å². The molecule has 2 aromatic rings. The first-order valence-corrected chi connectivity index (χ1v) is 11.4. The van der Waals surface area contributed by atoms with Crippen molar-refractivity contribution in [3.8, 4) is 12.3 Å². The number of rotatable bonds is 11. The third-order valence-corrected chi connectivity index (χ3v) is 5.79. The zero-order valence-electron chi connectivity index (χ0n) is 17.3. The van der Waals surface area contributed by atoms with Crippen molar-refractivity contribution in [1.82, 2.24) is 15.3 Å². The molecule has 0 bridgehead atoms. The molecule has 0 saturated heterocycles. The van der Waals surface area contributed by atoms with E-state index < -0.39 is 34.2 Å². The van der Waals surface area contributed by atoms with Crippen LogP contribution in [0.1, 0.15) is 35.3 Å². The Hall–Kier alpha value is -2.94. The van der Waals surface area contributed by atoms with E-state index in [2.05, 4.69) is 21.2 Å². The molecule has 2 aromatic heterocycles. The van der Waals surface area contributed by atoms with Crippen LogP contribution in [0.2, 0.25) is 0 Å². The lowest BCUT2D eigenvalue weighted by Gasteiger charge is -2.27. The third-order valence-electron chi connectivity index (χ3n) is 4.64. The van der Waals surface area contributed by atoms with Crippen LogP contribution in [0.15, 0.2) is 35.2 Å². The van der Waals surface area contributed by atoms with E-state index >= 15 is 0 Å². The summed E-state index contributed by atoms with van der Waals surface area (Å²) in [6.07, 6.45) is 9.45. The van der Waals surface area contributed by atoms with E-state index in [-0.39, 0.29) is 24.6 Å². The van der Waals surface area contributed by atoms with Gasteiger partial charge in [-0.05, 0) is 37.0 Å². The molecule has 168 valence electrons. The summed E-state index contributed by atoms with van der Waals surface area (Å²) in [4.78, 5) is 20.5. The second-order valence-corrected chi connectivity index (χ2v) is 9.05. The highest BCUT2D eigenvalue weighted by atomic mass is 32.2. The van der Waals surface area contributed by atoms with E-state index in [1.807, 2.05) is 0 Å². The zero-order chi connectivity index (χ0) is 23.0. The lowest BCUT2D eigenvalue weighted by atomic mass is 9.95. The molecule has 0 saturated carbocycles. The summed E-state index contributed by atoms with van der Waals surface area (Å²) in [5, 5.41) is 23.7. The molecule has 0 aliphatic heterocycles. The first kappa shape index (κ1) is 24.3. The Balaban J connectivity index is 2.17. The number of nitrogens with zero attached hydrogens (tertiary/aromatic N) is 3. The van der Waals surface area contributed by atoms with Crippen LogP contribution in [-0.2, 0) is 16.4 Å². The van der Waals surface area contributed by atoms with Crippen molar-refractivity contribution in [3.05, 3.63) is 42.0 Å². The predicted octanol–water partition coefficient (Wildman–Crippen LogP) is 0.332. The molecule has 1 amide bonds. The number of unbranched alkanes of at least 4 members (excludes halogenated alkanes) is 1. The number of terminal acetylenes is 1. The number of pyridine rings is 1. The van der Waals surface area contributed by atoms with E-state index in [1.165, 1.54) is 7.05 Å². The topological polar surface area (TPSA) is 146 Å². The number of carbonyl (C=O) groups is 1. The van der Waals surface area contributed by atoms with E-state index in [0.717, 1.165) is 22.4 Å². The lowest BCUT2D eigenvalue weighted by molar-refractivity contribution is -0.00791. The van der Waals surface area contributed by atoms with Crippen molar-refractivity contribution in [2.75, 3.05) is 17.6 Å². The molecule has 0 radical (unpaired) electrons. The minimum absolute atomic E-state index is 0.167. The van der Waals surface area contributed by atoms with Gasteiger partial charge in [-0.1, -0.05) is 0 Å². The minimum Gasteiger partial charge on any atom is -0.430 e. The Labute approximate surface area is 181 Å². The smallest absolute Gasteiger partial charge is 0.311 e. The number of amides is 1. The average Bonchev–Trinajstić information content (AvgIpc) is 3.22. The fourth-order valence-corrected chi connectivity index (χ4v) is 3.15. The fourth-order valence-electron chi connectivity index (χ4n) is 2.78. The number of nitrogens with one attached hydrogen (secondary N) is 1. The van der Waals surface area contributed by atoms with Crippen LogP contribution in [0.3, 0.4) is 0 Å². The molecule has 31 heavy (non-hydrogen) atoms. The van der Waals surface area contributed by atoms with Crippen molar-refractivity contribution in [2.24, 2.45) is 0 Å². The van der Waals surface area contributed by atoms with E-state index in [1.54, 1.807) is 24.5 Å². The summed E-state index contributed by atoms with van der Waals surface area (Å²) in [5.41, 5.74) is 0.618. The van der Waals surface area contributed by atoms with Gasteiger partial charge in [0.25, 0.3) is 5.91 Å². The van der Waals surface area contributed by atoms with Crippen LogP contribution in [0.25, 0.3) is 0 Å². The van der Waals surface area contributed by atoms with Gasteiger partial charge in [0.15, 0.2) is 5.69 Å². The quantitative estimate of drug-likeness (QED) is 0.328. The molecule has 10 nitrogen and oxygen atoms in total. The van der Waals surface area contributed by atoms with Crippen LogP contribution in [-0.4, -0.2) is 66.1 Å². The molecular weight excluding hydrogens is 424 g/mol. The number of oxazole rings is 1. The SMILES string of the molecule is C#CCCCC(O)C(O)C(Cc1ccncc1)NC(=O)c1coc(N(C)S(C)(=O)=O)n1. The summed E-state index contributed by atoms with van der Waals surface area (Å²) in [5.74, 6) is 1.78. The largest absolute Gasteiger partial charge is 0.430 e. The van der Waals surface area contributed by atoms with Crippen molar-refractivity contribution >= 4 is 21.9 Å². The number of hydrogen-bond acceptors (Lipinski definition) is 8. The second-order valence-electron chi connectivity index (χ2n) is 7.04. The van der Waals surface area contributed by atoms with Crippen molar-refractivity contribution < 1.29 is 27.8 Å². The molecule has 2 rings (SSSR count). The number of anilines is 1. The van der Waals surface area contributed by atoms with Crippen LogP contribution in [0.4, 0.5) is 6.01 Å². The fraction of sp³-hybridized carbons (Fsp3) is 0.450. The number of sulfonamides is 1. The van der Waals surface area contributed by atoms with Gasteiger partial charge in [-0.3, -0.25) is 9.78 Å². The van der Waals surface area contributed by atoms with Gasteiger partial charge in [-0.15, -0.1) is 12.3 Å². The Morgan fingerprint density at radius 1 is 1.35 bits per heavy atom. The number of aliphatic hydroxyl groups is 2. The number of hydrogen-bond donors (Lipinski definition) is 3. The molecule has 3 unspecified atom stereocenters. The molecule has 0 aliphatic rings. The Morgan fingerprint density at radius 2 is 2.03 bits per heavy atom. The summed E-state index contributed by atoms with van der Waals surface area (Å²) in [6.45, 7) is 0. The molecule has 3 N–H and O–H groups in total. The average molecular weight is 451 g/mol. The number of carbonyl (C=O) groups excluding carboxylic acids is 1. The highest BCUT2D eigenvalue weighted by Gasteiger charge is 2.29. The Kier molecular flexibility index (Phi) is 8.56. The minimum atomic E-state index is -3.62. The normalized spacial score (nSPS) is 14.3. The summed E-state index contributed by atoms with van der Waals surface area (Å²) in [6, 6.07) is 2.33. The van der Waals surface area contributed by atoms with Crippen molar-refractivity contribution in [1.29, 1.82) is 0 Å². The van der Waals surface area contributed by atoms with Gasteiger partial charge in [0, 0.05) is 25.9 Å². The summed E-state index contributed by atoms with van der Waals surface area (Å²) >= 11 is 0. The molecule has 0 aliphatic carbocycles. The molecule has 0 spiro atoms. The van der Waals surface area contributed by atoms with E-state index in [0.29, 0.717) is 12.8 Å². The maximum Gasteiger partial charge on any atom is 0.311 e. The maximum atomic E-state index is 12.7. The molecular formula is C20H26N4O6S. The summed E-state index contributed by atoms with van der Waals surface area (Å²) < 4.78 is 29.1. The van der Waals surface area contributed by atoms with Gasteiger partial charge >= 0.3 is 6.01 Å². The Bertz CT molecular complexity index is 1000. The highest BCUT2D eigenvalue weighted by molar-refractivity contribution is 7.92. The standard InChI is InChI=1S/C20H26N4O6S/c1-4-5-6-7-17(25)18(26)15(12-14-8-10-21-11-9-14)22-19(27)16-13-30-20(23-16)24(2)31(3,28)29/h1,8-11,13,15,17-18,25-26H,5-7,12H2,2-3H3,(H,22,27). The van der Waals surface area contributed by atoms with Gasteiger partial charge < -0.3 is 19.9 Å². The van der Waals surface area contributed by atoms with Crippen LogP contribution < -0.4 is 9.62 Å². The van der Waals surface area contributed by atoms with E-state index in [4.69, 9.17) is 10.8 Å². The van der Waals surface area contributed by atoms with Crippen LogP contribution >= 0.6 is 0 Å². The van der Waals surface area contributed by atoms with Gasteiger partial charge in [0.05, 0.1) is 18.4 Å². The van der Waals surface area contributed by atoms with Crippen LogP contribution in [0.5, 0.6) is 0 Å². The molecule has 2 heterocycles. The molecule has 0 fully saturated rings. The first-order valence-electron chi connectivity index (χ1n) is 9.52. The highest BCUT2D eigenvalue weighted by Crippen LogP contribution is 2.16. The number of aliphatic hydroxyl groups excluding tert-OH is 2. The number of aromatic nitrogens is 2. The second kappa shape index (κ2) is 10.9. The van der Waals surface area contributed by atoms with Gasteiger partial charge in [0.1, 0.15) is 12.4 Å². The molecule has 0 aromatic carbocycles. The van der Waals surface area contributed by atoms with Gasteiger partial charge in [0.2, 0.25) is 10.0 Å².